The summed E-state index contributed by atoms with van der Waals surface area (Å²) in [5, 5.41) is 0. The molecule has 0 aromatic rings. The van der Waals surface area contributed by atoms with Crippen molar-refractivity contribution in [2.45, 2.75) is 64.7 Å². The molecule has 2 fully saturated rings. The van der Waals surface area contributed by atoms with Crippen molar-refractivity contribution in [1.29, 1.82) is 0 Å². The second kappa shape index (κ2) is 4.82. The number of amides is 1. The Kier molecular flexibility index (Phi) is 3.70. The van der Waals surface area contributed by atoms with Gasteiger partial charge < -0.3 is 10.2 Å². The molecule has 1 unspecified atom stereocenters. The highest BCUT2D eigenvalue weighted by Gasteiger charge is 2.55. The van der Waals surface area contributed by atoms with Crippen molar-refractivity contribution in [2.75, 3.05) is 19.6 Å². The van der Waals surface area contributed by atoms with E-state index in [2.05, 4.69) is 32.6 Å². The number of nitrogens with zero attached hydrogens (tertiary/aromatic N) is 2. The van der Waals surface area contributed by atoms with Crippen LogP contribution in [0.15, 0.2) is 0 Å². The van der Waals surface area contributed by atoms with Crippen molar-refractivity contribution >= 4 is 5.91 Å². The minimum absolute atomic E-state index is 0.140. The van der Waals surface area contributed by atoms with Gasteiger partial charge >= 0.3 is 0 Å². The minimum atomic E-state index is -0.140. The van der Waals surface area contributed by atoms with E-state index >= 15 is 0 Å². The predicted molar refractivity (Wildman–Crippen MR) is 73.0 cm³/mol. The molecule has 104 valence electrons. The third kappa shape index (κ3) is 2.05. The number of carbonyl (C=O) groups excluding carboxylic acids is 1. The van der Waals surface area contributed by atoms with Gasteiger partial charge in [0.25, 0.3) is 5.91 Å². The van der Waals surface area contributed by atoms with Crippen LogP contribution in [0.1, 0.15) is 40.5 Å². The normalized spacial score (nSPS) is 36.6. The Morgan fingerprint density at radius 1 is 1.22 bits per heavy atom. The van der Waals surface area contributed by atoms with Crippen LogP contribution < -0.4 is 5.73 Å². The van der Waals surface area contributed by atoms with E-state index in [0.29, 0.717) is 30.7 Å². The largest absolute Gasteiger partial charge is 0.365 e. The van der Waals surface area contributed by atoms with E-state index in [1.165, 1.54) is 12.8 Å². The van der Waals surface area contributed by atoms with Gasteiger partial charge in [0.1, 0.15) is 12.1 Å². The van der Waals surface area contributed by atoms with E-state index in [9.17, 15) is 4.79 Å². The second-order valence-corrected chi connectivity index (χ2v) is 6.65. The fourth-order valence-corrected chi connectivity index (χ4v) is 4.24. The van der Waals surface area contributed by atoms with Crippen molar-refractivity contribution in [1.82, 2.24) is 4.90 Å². The average molecular weight is 254 g/mol. The number of primary amides is 1. The number of nitrogens with two attached hydrogens (primary N) is 1. The third-order valence-electron chi connectivity index (χ3n) is 5.20. The zero-order chi connectivity index (χ0) is 13.5. The number of rotatable bonds is 4. The molecule has 2 N–H and O–H groups in total. The molecule has 0 aromatic carbocycles. The number of carbonyl (C=O) groups is 1. The summed E-state index contributed by atoms with van der Waals surface area (Å²) in [6.07, 6.45) is 2.50. The molecule has 0 aliphatic carbocycles. The fraction of sp³-hybridized carbons (Fsp3) is 0.929. The zero-order valence-electron chi connectivity index (χ0n) is 12.2. The second-order valence-electron chi connectivity index (χ2n) is 6.65. The van der Waals surface area contributed by atoms with Gasteiger partial charge in [0.15, 0.2) is 6.54 Å². The topological polar surface area (TPSA) is 46.3 Å². The number of likely N-dealkylation sites (tertiary alicyclic amines) is 1. The molecule has 0 radical (unpaired) electrons. The Hall–Kier alpha value is -0.610. The smallest absolute Gasteiger partial charge is 0.272 e. The van der Waals surface area contributed by atoms with Crippen LogP contribution >= 0.6 is 0 Å². The summed E-state index contributed by atoms with van der Waals surface area (Å²) in [6.45, 7) is 11.8. The van der Waals surface area contributed by atoms with E-state index in [-0.39, 0.29) is 5.91 Å². The standard InChI is InChI=1S/C14H27N3O/c1-10(2)16-7-12-5-6-13(8-16)17(12,11(3)4)9-14(15)18/h10-13H,5-9H2,1-4H3,(H-,15,18)/p+1/t12-,13+,17?. The summed E-state index contributed by atoms with van der Waals surface area (Å²) in [5.41, 5.74) is 5.52. The third-order valence-corrected chi connectivity index (χ3v) is 5.20. The van der Waals surface area contributed by atoms with Gasteiger partial charge in [-0.2, -0.15) is 0 Å². The quantitative estimate of drug-likeness (QED) is 0.759. The molecule has 2 aliphatic heterocycles. The van der Waals surface area contributed by atoms with Crippen LogP contribution in [0.3, 0.4) is 0 Å². The Morgan fingerprint density at radius 2 is 1.72 bits per heavy atom. The van der Waals surface area contributed by atoms with Crippen molar-refractivity contribution < 1.29 is 9.28 Å². The van der Waals surface area contributed by atoms with Crippen LogP contribution in [0.2, 0.25) is 0 Å². The molecule has 2 bridgehead atoms. The first-order chi connectivity index (χ1) is 8.37. The first kappa shape index (κ1) is 13.8. The van der Waals surface area contributed by atoms with Gasteiger partial charge in [-0.25, -0.2) is 0 Å². The molecular weight excluding hydrogens is 226 g/mol. The summed E-state index contributed by atoms with van der Waals surface area (Å²) in [4.78, 5) is 14.1. The Bertz CT molecular complexity index is 313. The van der Waals surface area contributed by atoms with Crippen LogP contribution in [0, 0.1) is 0 Å². The Labute approximate surface area is 111 Å². The van der Waals surface area contributed by atoms with Crippen molar-refractivity contribution in [2.24, 2.45) is 5.73 Å². The lowest BCUT2D eigenvalue weighted by Crippen LogP contribution is -2.71. The molecular formula is C14H28N3O+. The van der Waals surface area contributed by atoms with Crippen LogP contribution in [0.5, 0.6) is 0 Å². The Balaban J connectivity index is 2.25. The lowest BCUT2D eigenvalue weighted by Gasteiger charge is -2.53. The van der Waals surface area contributed by atoms with Gasteiger partial charge in [-0.1, -0.05) is 0 Å². The molecule has 2 rings (SSSR count). The highest BCUT2D eigenvalue weighted by Crippen LogP contribution is 2.40. The number of hydrogen-bond acceptors (Lipinski definition) is 2. The number of piperazine rings is 1. The summed E-state index contributed by atoms with van der Waals surface area (Å²) in [6, 6.07) is 2.29. The molecule has 0 saturated carbocycles. The van der Waals surface area contributed by atoms with E-state index in [0.717, 1.165) is 17.6 Å². The van der Waals surface area contributed by atoms with E-state index < -0.39 is 0 Å². The maximum atomic E-state index is 11.5. The summed E-state index contributed by atoms with van der Waals surface area (Å²) < 4.78 is 0.943. The summed E-state index contributed by atoms with van der Waals surface area (Å²) >= 11 is 0. The molecule has 3 atom stereocenters. The van der Waals surface area contributed by atoms with Gasteiger partial charge in [-0.3, -0.25) is 9.69 Å². The predicted octanol–water partition coefficient (Wildman–Crippen LogP) is 0.952. The lowest BCUT2D eigenvalue weighted by atomic mass is 10.0. The summed E-state index contributed by atoms with van der Waals surface area (Å²) in [7, 11) is 0. The van der Waals surface area contributed by atoms with Gasteiger partial charge in [-0.15, -0.1) is 0 Å². The zero-order valence-corrected chi connectivity index (χ0v) is 12.2. The van der Waals surface area contributed by atoms with Crippen LogP contribution in [0.25, 0.3) is 0 Å². The van der Waals surface area contributed by atoms with Crippen molar-refractivity contribution in [3.63, 3.8) is 0 Å². The van der Waals surface area contributed by atoms with Gasteiger partial charge in [-0.05, 0) is 27.7 Å². The molecule has 4 heteroatoms. The van der Waals surface area contributed by atoms with E-state index in [4.69, 9.17) is 5.73 Å². The van der Waals surface area contributed by atoms with E-state index in [1.54, 1.807) is 0 Å². The number of fused-ring (bicyclic) bond motifs is 2. The summed E-state index contributed by atoms with van der Waals surface area (Å²) in [5.74, 6) is -0.140. The molecule has 2 heterocycles. The molecule has 4 nitrogen and oxygen atoms in total. The van der Waals surface area contributed by atoms with Crippen molar-refractivity contribution in [3.05, 3.63) is 0 Å². The van der Waals surface area contributed by atoms with Crippen LogP contribution in [-0.4, -0.2) is 59.1 Å². The Morgan fingerprint density at radius 3 is 2.06 bits per heavy atom. The van der Waals surface area contributed by atoms with Gasteiger partial charge in [0, 0.05) is 18.9 Å². The SMILES string of the molecule is CC(C)N1C[C@H]2CC[C@@H](C1)[N+]2(CC(N)=O)C(C)C. The van der Waals surface area contributed by atoms with Crippen LogP contribution in [-0.2, 0) is 4.79 Å². The highest BCUT2D eigenvalue weighted by molar-refractivity contribution is 5.75. The first-order valence-corrected chi connectivity index (χ1v) is 7.27. The maximum absolute atomic E-state index is 11.5. The first-order valence-electron chi connectivity index (χ1n) is 7.27. The monoisotopic (exact) mass is 254 g/mol. The average Bonchev–Trinajstić information content (AvgIpc) is 2.48. The molecule has 2 aliphatic rings. The van der Waals surface area contributed by atoms with Crippen LogP contribution in [0.4, 0.5) is 0 Å². The highest BCUT2D eigenvalue weighted by atomic mass is 16.1. The molecule has 2 saturated heterocycles. The molecule has 1 amide bonds. The molecule has 18 heavy (non-hydrogen) atoms. The van der Waals surface area contributed by atoms with E-state index in [1.807, 2.05) is 0 Å². The molecule has 0 aromatic heterocycles. The number of quaternary nitrogens is 1. The fourth-order valence-electron chi connectivity index (χ4n) is 4.24. The maximum Gasteiger partial charge on any atom is 0.272 e. The number of hydrogen-bond donors (Lipinski definition) is 1. The van der Waals surface area contributed by atoms with Gasteiger partial charge in [0.05, 0.1) is 19.1 Å². The molecule has 0 spiro atoms. The van der Waals surface area contributed by atoms with Crippen molar-refractivity contribution in [3.8, 4) is 0 Å². The van der Waals surface area contributed by atoms with Gasteiger partial charge in [0.2, 0.25) is 0 Å². The lowest BCUT2D eigenvalue weighted by molar-refractivity contribution is -0.977. The minimum Gasteiger partial charge on any atom is -0.365 e.